The zero-order valence-corrected chi connectivity index (χ0v) is 14.3. The number of benzene rings is 1. The first-order chi connectivity index (χ1) is 11.3. The van der Waals surface area contributed by atoms with Crippen LogP contribution in [0.3, 0.4) is 0 Å². The third-order valence-electron chi connectivity index (χ3n) is 4.71. The average Bonchev–Trinajstić information content (AvgIpc) is 2.83. The SMILES string of the molecule is CC(C)C(CCO)NC(=O)C1CC(=O)N(C)C1c1ccc(F)cc1. The van der Waals surface area contributed by atoms with E-state index in [0.717, 1.165) is 5.56 Å². The van der Waals surface area contributed by atoms with Crippen LogP contribution < -0.4 is 5.32 Å². The van der Waals surface area contributed by atoms with Crippen molar-refractivity contribution in [1.29, 1.82) is 0 Å². The predicted molar refractivity (Wildman–Crippen MR) is 88.5 cm³/mol. The van der Waals surface area contributed by atoms with Crippen molar-refractivity contribution in [1.82, 2.24) is 10.2 Å². The van der Waals surface area contributed by atoms with Crippen molar-refractivity contribution in [2.45, 2.75) is 38.8 Å². The van der Waals surface area contributed by atoms with Gasteiger partial charge in [-0.1, -0.05) is 26.0 Å². The Balaban J connectivity index is 2.21. The van der Waals surface area contributed by atoms with E-state index in [-0.39, 0.29) is 42.6 Å². The van der Waals surface area contributed by atoms with Gasteiger partial charge in [0.05, 0.1) is 12.0 Å². The van der Waals surface area contributed by atoms with Gasteiger partial charge in [-0.25, -0.2) is 4.39 Å². The Labute approximate surface area is 141 Å². The van der Waals surface area contributed by atoms with Gasteiger partial charge in [-0.3, -0.25) is 9.59 Å². The average molecular weight is 336 g/mol. The highest BCUT2D eigenvalue weighted by molar-refractivity contribution is 5.90. The predicted octanol–water partition coefficient (Wildman–Crippen LogP) is 1.87. The number of nitrogens with zero attached hydrogens (tertiary/aromatic N) is 1. The molecule has 2 amide bonds. The lowest BCUT2D eigenvalue weighted by Gasteiger charge is -2.28. The molecule has 1 aliphatic rings. The molecular weight excluding hydrogens is 311 g/mol. The minimum Gasteiger partial charge on any atom is -0.396 e. The number of amides is 2. The van der Waals surface area contributed by atoms with Crippen LogP contribution in [0.5, 0.6) is 0 Å². The highest BCUT2D eigenvalue weighted by atomic mass is 19.1. The van der Waals surface area contributed by atoms with Crippen LogP contribution >= 0.6 is 0 Å². The summed E-state index contributed by atoms with van der Waals surface area (Å²) in [6.45, 7) is 3.95. The summed E-state index contributed by atoms with van der Waals surface area (Å²) in [4.78, 5) is 26.4. The zero-order valence-electron chi connectivity index (χ0n) is 14.3. The molecule has 1 saturated heterocycles. The summed E-state index contributed by atoms with van der Waals surface area (Å²) in [7, 11) is 1.66. The largest absolute Gasteiger partial charge is 0.396 e. The lowest BCUT2D eigenvalue weighted by atomic mass is 9.91. The van der Waals surface area contributed by atoms with Crippen LogP contribution in [0.4, 0.5) is 4.39 Å². The number of halogens is 1. The molecule has 1 aromatic carbocycles. The van der Waals surface area contributed by atoms with Crippen molar-refractivity contribution in [2.24, 2.45) is 11.8 Å². The van der Waals surface area contributed by atoms with Crippen LogP contribution in [0.1, 0.15) is 38.3 Å². The van der Waals surface area contributed by atoms with Crippen LogP contribution in [-0.2, 0) is 9.59 Å². The molecule has 3 atom stereocenters. The maximum atomic E-state index is 13.2. The van der Waals surface area contributed by atoms with Crippen LogP contribution in [0.25, 0.3) is 0 Å². The molecule has 2 N–H and O–H groups in total. The molecule has 0 radical (unpaired) electrons. The molecule has 0 spiro atoms. The van der Waals surface area contributed by atoms with E-state index >= 15 is 0 Å². The lowest BCUT2D eigenvalue weighted by molar-refractivity contribution is -0.128. The van der Waals surface area contributed by atoms with E-state index in [1.54, 1.807) is 24.1 Å². The second-order valence-electron chi connectivity index (χ2n) is 6.68. The monoisotopic (exact) mass is 336 g/mol. The molecule has 5 nitrogen and oxygen atoms in total. The number of aliphatic hydroxyl groups excluding tert-OH is 1. The van der Waals surface area contributed by atoms with E-state index in [1.165, 1.54) is 12.1 Å². The topological polar surface area (TPSA) is 69.6 Å². The number of aliphatic hydroxyl groups is 1. The third-order valence-corrected chi connectivity index (χ3v) is 4.71. The Kier molecular flexibility index (Phi) is 5.94. The fourth-order valence-electron chi connectivity index (χ4n) is 3.22. The number of nitrogens with one attached hydrogen (secondary N) is 1. The molecule has 1 aromatic rings. The van der Waals surface area contributed by atoms with Gasteiger partial charge >= 0.3 is 0 Å². The molecule has 0 aromatic heterocycles. The Bertz CT molecular complexity index is 588. The second kappa shape index (κ2) is 7.75. The Morgan fingerprint density at radius 2 is 2.00 bits per heavy atom. The summed E-state index contributed by atoms with van der Waals surface area (Å²) in [6.07, 6.45) is 0.607. The minimum absolute atomic E-state index is 0.00594. The highest BCUT2D eigenvalue weighted by Crippen LogP contribution is 2.37. The molecule has 0 saturated carbocycles. The van der Waals surface area contributed by atoms with Crippen molar-refractivity contribution in [3.05, 3.63) is 35.6 Å². The maximum Gasteiger partial charge on any atom is 0.226 e. The summed E-state index contributed by atoms with van der Waals surface area (Å²) >= 11 is 0. The molecule has 1 fully saturated rings. The Hall–Kier alpha value is -1.95. The van der Waals surface area contributed by atoms with Gasteiger partial charge in [0.1, 0.15) is 5.82 Å². The van der Waals surface area contributed by atoms with Gasteiger partial charge in [-0.15, -0.1) is 0 Å². The van der Waals surface area contributed by atoms with Gasteiger partial charge in [0.25, 0.3) is 0 Å². The summed E-state index contributed by atoms with van der Waals surface area (Å²) in [6, 6.07) is 5.36. The first-order valence-corrected chi connectivity index (χ1v) is 8.27. The standard InChI is InChI=1S/C18H25FN2O3/c1-11(2)15(8-9-22)20-18(24)14-10-16(23)21(3)17(14)12-4-6-13(19)7-5-12/h4-7,11,14-15,17,22H,8-10H2,1-3H3,(H,20,24). The fourth-order valence-corrected chi connectivity index (χ4v) is 3.22. The Morgan fingerprint density at radius 1 is 1.38 bits per heavy atom. The van der Waals surface area contributed by atoms with Crippen molar-refractivity contribution in [3.8, 4) is 0 Å². The van der Waals surface area contributed by atoms with E-state index in [0.29, 0.717) is 6.42 Å². The van der Waals surface area contributed by atoms with Crippen LogP contribution in [0.2, 0.25) is 0 Å². The zero-order chi connectivity index (χ0) is 17.9. The van der Waals surface area contributed by atoms with Gasteiger partial charge < -0.3 is 15.3 Å². The number of hydrogen-bond acceptors (Lipinski definition) is 3. The quantitative estimate of drug-likeness (QED) is 0.833. The fraction of sp³-hybridized carbons (Fsp3) is 0.556. The van der Waals surface area contributed by atoms with E-state index < -0.39 is 12.0 Å². The van der Waals surface area contributed by atoms with Gasteiger partial charge in [0.15, 0.2) is 0 Å². The smallest absolute Gasteiger partial charge is 0.226 e. The van der Waals surface area contributed by atoms with Gasteiger partial charge in [-0.05, 0) is 30.0 Å². The van der Waals surface area contributed by atoms with Crippen LogP contribution in [0, 0.1) is 17.7 Å². The number of carbonyl (C=O) groups excluding carboxylic acids is 2. The normalized spacial score (nSPS) is 22.1. The molecule has 0 bridgehead atoms. The van der Waals surface area contributed by atoms with E-state index in [2.05, 4.69) is 5.32 Å². The first-order valence-electron chi connectivity index (χ1n) is 8.27. The van der Waals surface area contributed by atoms with Crippen LogP contribution in [0.15, 0.2) is 24.3 Å². The molecule has 3 unspecified atom stereocenters. The van der Waals surface area contributed by atoms with Crippen molar-refractivity contribution < 1.29 is 19.1 Å². The van der Waals surface area contributed by atoms with Crippen molar-refractivity contribution >= 4 is 11.8 Å². The van der Waals surface area contributed by atoms with E-state index in [4.69, 9.17) is 5.11 Å². The van der Waals surface area contributed by atoms with Gasteiger partial charge in [0, 0.05) is 26.1 Å². The number of likely N-dealkylation sites (tertiary alicyclic amines) is 1. The molecule has 6 heteroatoms. The van der Waals surface area contributed by atoms with Gasteiger partial charge in [0.2, 0.25) is 11.8 Å². The summed E-state index contributed by atoms with van der Waals surface area (Å²) < 4.78 is 13.2. The second-order valence-corrected chi connectivity index (χ2v) is 6.68. The lowest BCUT2D eigenvalue weighted by Crippen LogP contribution is -2.43. The van der Waals surface area contributed by atoms with Gasteiger partial charge in [-0.2, -0.15) is 0 Å². The Morgan fingerprint density at radius 3 is 2.54 bits per heavy atom. The molecule has 1 heterocycles. The molecule has 24 heavy (non-hydrogen) atoms. The molecule has 1 aliphatic heterocycles. The number of hydrogen-bond donors (Lipinski definition) is 2. The molecule has 132 valence electrons. The molecular formula is C18H25FN2O3. The molecule has 0 aliphatic carbocycles. The van der Waals surface area contributed by atoms with E-state index in [1.807, 2.05) is 13.8 Å². The minimum atomic E-state index is -0.520. The summed E-state index contributed by atoms with van der Waals surface area (Å²) in [5.74, 6) is -0.996. The number of carbonyl (C=O) groups is 2. The van der Waals surface area contributed by atoms with Crippen LogP contribution in [-0.4, -0.2) is 41.5 Å². The van der Waals surface area contributed by atoms with E-state index in [9.17, 15) is 14.0 Å². The van der Waals surface area contributed by atoms with Crippen molar-refractivity contribution in [3.63, 3.8) is 0 Å². The summed E-state index contributed by atoms with van der Waals surface area (Å²) in [5.41, 5.74) is 0.744. The molecule has 2 rings (SSSR count). The maximum absolute atomic E-state index is 13.2. The number of rotatable bonds is 6. The first kappa shape index (κ1) is 18.4. The summed E-state index contributed by atoms with van der Waals surface area (Å²) in [5, 5.41) is 12.1. The third kappa shape index (κ3) is 3.93. The van der Waals surface area contributed by atoms with Crippen molar-refractivity contribution in [2.75, 3.05) is 13.7 Å². The highest BCUT2D eigenvalue weighted by Gasteiger charge is 2.43.